The number of likely N-dealkylation sites (N-methyl/N-ethyl adjacent to an activating group) is 2. The molecule has 0 aliphatic heterocycles. The number of nitrogens with zero attached hydrogens (tertiary/aromatic N) is 5. The van der Waals surface area contributed by atoms with Crippen LogP contribution in [0.25, 0.3) is 11.2 Å². The van der Waals surface area contributed by atoms with E-state index in [0.29, 0.717) is 0 Å². The van der Waals surface area contributed by atoms with Gasteiger partial charge >= 0.3 is 5.69 Å². The molecule has 104 valence electrons. The predicted octanol–water partition coefficient (Wildman–Crippen LogP) is 0.270. The molecule has 2 heterocycles. The molecule has 0 unspecified atom stereocenters. The quantitative estimate of drug-likeness (QED) is 0.794. The molecule has 0 N–H and O–H groups in total. The molecule has 0 aliphatic carbocycles. The minimum absolute atomic E-state index is 0.0457. The second kappa shape index (κ2) is 5.05. The van der Waals surface area contributed by atoms with E-state index < -0.39 is 0 Å². The van der Waals surface area contributed by atoms with Crippen LogP contribution >= 0.6 is 0 Å². The van der Waals surface area contributed by atoms with Gasteiger partial charge in [0.05, 0.1) is 5.52 Å². The number of anilines is 1. The normalized spacial score (nSPS) is 11.5. The van der Waals surface area contributed by atoms with Gasteiger partial charge in [-0.05, 0) is 26.2 Å². The zero-order chi connectivity index (χ0) is 14.2. The van der Waals surface area contributed by atoms with Crippen LogP contribution in [0.5, 0.6) is 0 Å². The van der Waals surface area contributed by atoms with Gasteiger partial charge in [0.2, 0.25) is 0 Å². The molecule has 2 rings (SSSR count). The van der Waals surface area contributed by atoms with E-state index in [1.807, 2.05) is 33.3 Å². The molecule has 0 saturated heterocycles. The van der Waals surface area contributed by atoms with Crippen LogP contribution < -0.4 is 10.6 Å². The molecule has 0 aliphatic rings. The third-order valence-electron chi connectivity index (χ3n) is 3.37. The van der Waals surface area contributed by atoms with Gasteiger partial charge in [0.1, 0.15) is 5.82 Å². The Morgan fingerprint density at radius 2 is 1.79 bits per heavy atom. The monoisotopic (exact) mass is 263 g/mol. The first-order valence-electron chi connectivity index (χ1n) is 6.30. The molecule has 0 bridgehead atoms. The SMILES string of the molecule is CN(C)CCN(C)c1ccc2c(n1)n(C)c(=O)n2C. The summed E-state index contributed by atoms with van der Waals surface area (Å²) in [5.41, 5.74) is 1.54. The van der Waals surface area contributed by atoms with Crippen LogP contribution in [0.4, 0.5) is 5.82 Å². The Balaban J connectivity index is 2.36. The molecule has 0 amide bonds. The molecule has 19 heavy (non-hydrogen) atoms. The van der Waals surface area contributed by atoms with Crippen molar-refractivity contribution in [3.8, 4) is 0 Å². The minimum atomic E-state index is -0.0457. The Bertz CT molecular complexity index is 640. The van der Waals surface area contributed by atoms with Crippen LogP contribution in [0.15, 0.2) is 16.9 Å². The van der Waals surface area contributed by atoms with Gasteiger partial charge in [-0.15, -0.1) is 0 Å². The molecule has 0 aromatic carbocycles. The van der Waals surface area contributed by atoms with Crippen LogP contribution in [0.2, 0.25) is 0 Å². The largest absolute Gasteiger partial charge is 0.358 e. The average Bonchev–Trinajstić information content (AvgIpc) is 2.61. The van der Waals surface area contributed by atoms with Crippen LogP contribution in [0, 0.1) is 0 Å². The van der Waals surface area contributed by atoms with Crippen LogP contribution in [-0.2, 0) is 14.1 Å². The highest BCUT2D eigenvalue weighted by molar-refractivity contribution is 5.74. The second-order valence-electron chi connectivity index (χ2n) is 5.14. The van der Waals surface area contributed by atoms with Crippen LogP contribution in [-0.4, -0.2) is 53.3 Å². The molecule has 0 spiro atoms. The first-order chi connectivity index (χ1) is 8.91. The summed E-state index contributed by atoms with van der Waals surface area (Å²) in [5, 5.41) is 0. The van der Waals surface area contributed by atoms with Crippen molar-refractivity contribution < 1.29 is 0 Å². The number of aryl methyl sites for hydroxylation is 2. The lowest BCUT2D eigenvalue weighted by atomic mass is 10.4. The lowest BCUT2D eigenvalue weighted by Gasteiger charge is -2.20. The van der Waals surface area contributed by atoms with Gasteiger partial charge in [0.15, 0.2) is 5.65 Å². The molecule has 0 saturated carbocycles. The van der Waals surface area contributed by atoms with E-state index in [1.54, 1.807) is 23.2 Å². The van der Waals surface area contributed by atoms with E-state index in [-0.39, 0.29) is 5.69 Å². The summed E-state index contributed by atoms with van der Waals surface area (Å²) in [7, 11) is 9.62. The predicted molar refractivity (Wildman–Crippen MR) is 77.8 cm³/mol. The maximum absolute atomic E-state index is 11.8. The zero-order valence-corrected chi connectivity index (χ0v) is 12.2. The summed E-state index contributed by atoms with van der Waals surface area (Å²) in [6, 6.07) is 3.91. The second-order valence-corrected chi connectivity index (χ2v) is 5.14. The van der Waals surface area contributed by atoms with E-state index in [2.05, 4.69) is 14.8 Å². The van der Waals surface area contributed by atoms with E-state index in [0.717, 1.165) is 30.1 Å². The Labute approximate surface area is 112 Å². The number of fused-ring (bicyclic) bond motifs is 1. The third-order valence-corrected chi connectivity index (χ3v) is 3.37. The van der Waals surface area contributed by atoms with Crippen molar-refractivity contribution in [2.24, 2.45) is 14.1 Å². The Morgan fingerprint density at radius 1 is 1.11 bits per heavy atom. The topological polar surface area (TPSA) is 46.3 Å². The molecular formula is C13H21N5O. The maximum atomic E-state index is 11.8. The molecule has 0 fully saturated rings. The zero-order valence-electron chi connectivity index (χ0n) is 12.2. The molecule has 2 aromatic heterocycles. The van der Waals surface area contributed by atoms with Gasteiger partial charge in [-0.25, -0.2) is 9.78 Å². The number of pyridine rings is 1. The van der Waals surface area contributed by atoms with Gasteiger partial charge in [-0.1, -0.05) is 0 Å². The van der Waals surface area contributed by atoms with Crippen LogP contribution in [0.3, 0.4) is 0 Å². The summed E-state index contributed by atoms with van der Waals surface area (Å²) in [6.07, 6.45) is 0. The lowest BCUT2D eigenvalue weighted by Crippen LogP contribution is -2.29. The first kappa shape index (κ1) is 13.6. The summed E-state index contributed by atoms with van der Waals surface area (Å²) < 4.78 is 3.20. The fraction of sp³-hybridized carbons (Fsp3) is 0.538. The number of aromatic nitrogens is 3. The van der Waals surface area contributed by atoms with Gasteiger partial charge in [0, 0.05) is 34.2 Å². The van der Waals surface area contributed by atoms with Crippen molar-refractivity contribution in [2.75, 3.05) is 39.1 Å². The summed E-state index contributed by atoms with van der Waals surface area (Å²) in [4.78, 5) is 20.7. The smallest absolute Gasteiger partial charge is 0.329 e. The highest BCUT2D eigenvalue weighted by Gasteiger charge is 2.11. The van der Waals surface area contributed by atoms with Crippen molar-refractivity contribution in [3.05, 3.63) is 22.6 Å². The van der Waals surface area contributed by atoms with Crippen molar-refractivity contribution in [1.29, 1.82) is 0 Å². The van der Waals surface area contributed by atoms with E-state index in [1.165, 1.54) is 0 Å². The molecule has 0 atom stereocenters. The van der Waals surface area contributed by atoms with Gasteiger partial charge in [-0.3, -0.25) is 9.13 Å². The molecular weight excluding hydrogens is 242 g/mol. The molecule has 6 nitrogen and oxygen atoms in total. The highest BCUT2D eigenvalue weighted by atomic mass is 16.1. The fourth-order valence-electron chi connectivity index (χ4n) is 2.04. The molecule has 6 heteroatoms. The number of rotatable bonds is 4. The minimum Gasteiger partial charge on any atom is -0.358 e. The van der Waals surface area contributed by atoms with E-state index >= 15 is 0 Å². The fourth-order valence-corrected chi connectivity index (χ4v) is 2.04. The molecule has 2 aromatic rings. The summed E-state index contributed by atoms with van der Waals surface area (Å²) in [5.74, 6) is 0.885. The highest BCUT2D eigenvalue weighted by Crippen LogP contribution is 2.15. The van der Waals surface area contributed by atoms with Crippen molar-refractivity contribution >= 4 is 17.0 Å². The average molecular weight is 263 g/mol. The van der Waals surface area contributed by atoms with Crippen molar-refractivity contribution in [3.63, 3.8) is 0 Å². The Morgan fingerprint density at radius 3 is 2.42 bits per heavy atom. The lowest BCUT2D eigenvalue weighted by molar-refractivity contribution is 0.416. The summed E-state index contributed by atoms with van der Waals surface area (Å²) in [6.45, 7) is 1.86. The van der Waals surface area contributed by atoms with Gasteiger partial charge in [0.25, 0.3) is 0 Å². The Hall–Kier alpha value is -1.82. The van der Waals surface area contributed by atoms with E-state index in [9.17, 15) is 4.79 Å². The standard InChI is InChI=1S/C13H21N5O/c1-15(2)8-9-16(3)11-7-6-10-12(14-11)18(5)13(19)17(10)4/h6-7H,8-9H2,1-5H3. The number of hydrogen-bond acceptors (Lipinski definition) is 4. The molecule has 0 radical (unpaired) electrons. The first-order valence-corrected chi connectivity index (χ1v) is 6.30. The van der Waals surface area contributed by atoms with Crippen molar-refractivity contribution in [1.82, 2.24) is 19.0 Å². The van der Waals surface area contributed by atoms with Gasteiger partial charge < -0.3 is 9.80 Å². The summed E-state index contributed by atoms with van der Waals surface area (Å²) >= 11 is 0. The van der Waals surface area contributed by atoms with Gasteiger partial charge in [-0.2, -0.15) is 0 Å². The van der Waals surface area contributed by atoms with Crippen LogP contribution in [0.1, 0.15) is 0 Å². The van der Waals surface area contributed by atoms with E-state index in [4.69, 9.17) is 0 Å². The maximum Gasteiger partial charge on any atom is 0.329 e. The third kappa shape index (κ3) is 2.49. The number of imidazole rings is 1. The Kier molecular flexibility index (Phi) is 3.61. The van der Waals surface area contributed by atoms with Crippen molar-refractivity contribution in [2.45, 2.75) is 0 Å². The number of hydrogen-bond donors (Lipinski definition) is 0.